The van der Waals surface area contributed by atoms with Crippen LogP contribution in [0.1, 0.15) is 43.4 Å². The monoisotopic (exact) mass is 434 g/mol. The molecule has 1 fully saturated rings. The Kier molecular flexibility index (Phi) is 5.85. The van der Waals surface area contributed by atoms with Crippen LogP contribution < -0.4 is 4.90 Å². The highest BCUT2D eigenvalue weighted by molar-refractivity contribution is 5.73. The minimum atomic E-state index is -4.51. The van der Waals surface area contributed by atoms with Gasteiger partial charge in [-0.2, -0.15) is 13.2 Å². The second-order valence-electron chi connectivity index (χ2n) is 9.16. The third-order valence-corrected chi connectivity index (χ3v) is 6.19. The normalized spacial score (nSPS) is 19.8. The summed E-state index contributed by atoms with van der Waals surface area (Å²) in [5, 5.41) is 19.1. The molecule has 3 heterocycles. The van der Waals surface area contributed by atoms with Gasteiger partial charge >= 0.3 is 6.18 Å². The summed E-state index contributed by atoms with van der Waals surface area (Å²) in [6.07, 6.45) is -1.41. The number of anilines is 1. The summed E-state index contributed by atoms with van der Waals surface area (Å²) in [5.74, 6) is 1.07. The topological polar surface area (TPSA) is 52.5 Å². The number of benzene rings is 1. The molecule has 5 nitrogen and oxygen atoms in total. The van der Waals surface area contributed by atoms with Crippen molar-refractivity contribution in [1.82, 2.24) is 15.1 Å². The van der Waals surface area contributed by atoms with Crippen molar-refractivity contribution in [3.63, 3.8) is 0 Å². The zero-order chi connectivity index (χ0) is 22.3. The number of phenolic OH excluding ortho intramolecular Hbond substituents is 1. The third-order valence-electron chi connectivity index (χ3n) is 6.19. The molecule has 2 aliphatic heterocycles. The number of halogens is 3. The van der Waals surface area contributed by atoms with Crippen molar-refractivity contribution in [3.05, 3.63) is 34.9 Å². The molecule has 0 aliphatic carbocycles. The molecule has 1 saturated heterocycles. The average Bonchev–Trinajstić information content (AvgIpc) is 3.10. The van der Waals surface area contributed by atoms with Crippen LogP contribution in [0.4, 0.5) is 19.0 Å². The van der Waals surface area contributed by atoms with Gasteiger partial charge in [0, 0.05) is 36.8 Å². The van der Waals surface area contributed by atoms with Gasteiger partial charge in [0.2, 0.25) is 0 Å². The molecular weight excluding hydrogens is 405 g/mol. The summed E-state index contributed by atoms with van der Waals surface area (Å²) in [6, 6.07) is 4.07. The lowest BCUT2D eigenvalue weighted by atomic mass is 9.99. The van der Waals surface area contributed by atoms with Gasteiger partial charge in [-0.3, -0.25) is 0 Å². The molecule has 168 valence electrons. The van der Waals surface area contributed by atoms with E-state index in [2.05, 4.69) is 33.8 Å². The molecule has 4 rings (SSSR count). The fraction of sp³-hybridized carbons (Fsp3) is 0.565. The van der Waals surface area contributed by atoms with Crippen LogP contribution in [0.5, 0.6) is 5.75 Å². The molecule has 1 N–H and O–H groups in total. The first kappa shape index (κ1) is 21.9. The Morgan fingerprint density at radius 1 is 1.16 bits per heavy atom. The average molecular weight is 435 g/mol. The Morgan fingerprint density at radius 2 is 1.94 bits per heavy atom. The first-order valence-electron chi connectivity index (χ1n) is 10.9. The number of nitrogens with zero attached hydrogens (tertiary/aromatic N) is 4. The lowest BCUT2D eigenvalue weighted by Gasteiger charge is -2.39. The highest BCUT2D eigenvalue weighted by Crippen LogP contribution is 2.40. The van der Waals surface area contributed by atoms with E-state index in [0.29, 0.717) is 28.8 Å². The van der Waals surface area contributed by atoms with Crippen molar-refractivity contribution >= 4 is 5.82 Å². The van der Waals surface area contributed by atoms with E-state index >= 15 is 0 Å². The van der Waals surface area contributed by atoms with Gasteiger partial charge < -0.3 is 14.9 Å². The Morgan fingerprint density at radius 3 is 2.61 bits per heavy atom. The van der Waals surface area contributed by atoms with Gasteiger partial charge in [0.05, 0.1) is 11.3 Å². The zero-order valence-corrected chi connectivity index (χ0v) is 18.2. The standard InChI is InChI=1S/C23H29F3N4O/c1-14(2)12-29-7-4-5-18(13-29)30-8-6-16-10-19(27-28-22(16)30)21-15(3)9-17(11-20(21)31)23(24,25)26/h9-11,14,18,31H,4-8,12-13H2,1-3H3/t18-/m1/s1. The van der Waals surface area contributed by atoms with Crippen LogP contribution in [0.3, 0.4) is 0 Å². The summed E-state index contributed by atoms with van der Waals surface area (Å²) in [4.78, 5) is 4.85. The van der Waals surface area contributed by atoms with Crippen LogP contribution in [0.15, 0.2) is 18.2 Å². The van der Waals surface area contributed by atoms with Crippen molar-refractivity contribution in [2.75, 3.05) is 31.1 Å². The van der Waals surface area contributed by atoms with E-state index in [1.165, 1.54) is 0 Å². The van der Waals surface area contributed by atoms with Gasteiger partial charge in [-0.25, -0.2) is 0 Å². The van der Waals surface area contributed by atoms with Crippen LogP contribution in [0.2, 0.25) is 0 Å². The molecule has 0 saturated carbocycles. The highest BCUT2D eigenvalue weighted by atomic mass is 19.4. The van der Waals surface area contributed by atoms with Crippen LogP contribution >= 0.6 is 0 Å². The molecule has 1 aromatic carbocycles. The van der Waals surface area contributed by atoms with Crippen molar-refractivity contribution in [3.8, 4) is 17.0 Å². The van der Waals surface area contributed by atoms with Gasteiger partial charge in [0.1, 0.15) is 5.75 Å². The second kappa shape index (κ2) is 8.30. The van der Waals surface area contributed by atoms with Crippen molar-refractivity contribution in [2.45, 2.75) is 52.3 Å². The van der Waals surface area contributed by atoms with Gasteiger partial charge in [-0.05, 0) is 62.4 Å². The fourth-order valence-corrected chi connectivity index (χ4v) is 4.91. The molecule has 31 heavy (non-hydrogen) atoms. The maximum atomic E-state index is 13.0. The molecule has 1 atom stereocenters. The molecule has 0 unspecified atom stereocenters. The van der Waals surface area contributed by atoms with Gasteiger partial charge in [0.15, 0.2) is 5.82 Å². The summed E-state index contributed by atoms with van der Waals surface area (Å²) in [7, 11) is 0. The summed E-state index contributed by atoms with van der Waals surface area (Å²) in [5.41, 5.74) is 1.21. The van der Waals surface area contributed by atoms with Crippen LogP contribution in [0.25, 0.3) is 11.3 Å². The first-order valence-corrected chi connectivity index (χ1v) is 10.9. The Hall–Kier alpha value is -2.35. The number of hydrogen-bond donors (Lipinski definition) is 1. The fourth-order valence-electron chi connectivity index (χ4n) is 4.91. The summed E-state index contributed by atoms with van der Waals surface area (Å²) < 4.78 is 39.1. The molecule has 0 amide bonds. The Labute approximate surface area is 180 Å². The predicted octanol–water partition coefficient (Wildman–Crippen LogP) is 4.66. The molecule has 0 bridgehead atoms. The quantitative estimate of drug-likeness (QED) is 0.759. The number of likely N-dealkylation sites (tertiary alicyclic amines) is 1. The number of rotatable bonds is 4. The van der Waals surface area contributed by atoms with E-state index < -0.39 is 17.5 Å². The zero-order valence-electron chi connectivity index (χ0n) is 18.2. The minimum absolute atomic E-state index is 0.308. The predicted molar refractivity (Wildman–Crippen MR) is 114 cm³/mol. The smallest absolute Gasteiger partial charge is 0.416 e. The maximum Gasteiger partial charge on any atom is 0.416 e. The highest BCUT2D eigenvalue weighted by Gasteiger charge is 2.34. The molecule has 1 aromatic heterocycles. The van der Waals surface area contributed by atoms with E-state index in [-0.39, 0.29) is 0 Å². The van der Waals surface area contributed by atoms with E-state index in [0.717, 1.165) is 69.0 Å². The lowest BCUT2D eigenvalue weighted by Crippen LogP contribution is -2.48. The summed E-state index contributed by atoms with van der Waals surface area (Å²) >= 11 is 0. The number of piperidine rings is 1. The van der Waals surface area contributed by atoms with Gasteiger partial charge in [-0.15, -0.1) is 10.2 Å². The number of aromatic hydroxyl groups is 1. The molecule has 2 aliphatic rings. The van der Waals surface area contributed by atoms with E-state index in [1.807, 2.05) is 6.07 Å². The van der Waals surface area contributed by atoms with E-state index in [9.17, 15) is 18.3 Å². The van der Waals surface area contributed by atoms with Crippen molar-refractivity contribution in [2.24, 2.45) is 5.92 Å². The van der Waals surface area contributed by atoms with E-state index in [1.54, 1.807) is 6.92 Å². The first-order chi connectivity index (χ1) is 14.6. The maximum absolute atomic E-state index is 13.0. The Bertz CT molecular complexity index is 937. The minimum Gasteiger partial charge on any atom is -0.507 e. The number of alkyl halides is 3. The van der Waals surface area contributed by atoms with Gasteiger partial charge in [-0.1, -0.05) is 13.8 Å². The molecule has 8 heteroatoms. The van der Waals surface area contributed by atoms with Crippen LogP contribution in [0, 0.1) is 12.8 Å². The van der Waals surface area contributed by atoms with Crippen molar-refractivity contribution in [1.29, 1.82) is 0 Å². The number of hydrogen-bond acceptors (Lipinski definition) is 5. The van der Waals surface area contributed by atoms with Crippen LogP contribution in [-0.4, -0.2) is 52.4 Å². The Balaban J connectivity index is 1.58. The molecule has 2 aromatic rings. The molecule has 0 radical (unpaired) electrons. The third kappa shape index (κ3) is 4.49. The lowest BCUT2D eigenvalue weighted by molar-refractivity contribution is -0.137. The van der Waals surface area contributed by atoms with E-state index in [4.69, 9.17) is 0 Å². The number of fused-ring (bicyclic) bond motifs is 1. The second-order valence-corrected chi connectivity index (χ2v) is 9.16. The molecule has 0 spiro atoms. The van der Waals surface area contributed by atoms with Gasteiger partial charge in [0.25, 0.3) is 0 Å². The number of aryl methyl sites for hydroxylation is 1. The summed E-state index contributed by atoms with van der Waals surface area (Å²) in [6.45, 7) is 10.1. The molecular formula is C23H29F3N4O. The number of phenols is 1. The van der Waals surface area contributed by atoms with Crippen molar-refractivity contribution < 1.29 is 18.3 Å². The largest absolute Gasteiger partial charge is 0.507 e. The van der Waals surface area contributed by atoms with Crippen LogP contribution in [-0.2, 0) is 12.6 Å². The number of aromatic nitrogens is 2. The SMILES string of the molecule is Cc1cc(C(F)(F)F)cc(O)c1-c1cc2c(nn1)N([C@@H]1CCCN(CC(C)C)C1)CC2.